The number of aliphatic hydroxyl groups is 5. The fraction of sp³-hybridized carbons (Fsp3) is 1.00. The lowest BCUT2D eigenvalue weighted by Crippen LogP contribution is -2.73. The van der Waals surface area contributed by atoms with E-state index in [0.717, 1.165) is 0 Å². The van der Waals surface area contributed by atoms with Crippen LogP contribution in [0.2, 0.25) is 19.6 Å². The van der Waals surface area contributed by atoms with Crippen LogP contribution >= 0.6 is 0 Å². The van der Waals surface area contributed by atoms with Crippen LogP contribution in [0, 0.1) is 0 Å². The van der Waals surface area contributed by atoms with Gasteiger partial charge in [-0.05, 0) is 0 Å². The lowest BCUT2D eigenvalue weighted by molar-refractivity contribution is -0.315. The van der Waals surface area contributed by atoms with Gasteiger partial charge in [0, 0.05) is 0 Å². The number of hydrogen-bond acceptors (Lipinski definition) is 6. The SMILES string of the molecule is C[Si](C)(C)[C@]1(O)O[C@H](CO)[C@@H](O)[C@H](O)[C@H]1O. The van der Waals surface area contributed by atoms with Crippen molar-refractivity contribution in [1.29, 1.82) is 0 Å². The normalized spacial score (nSPS) is 45.8. The predicted octanol–water partition coefficient (Wildman–Crippen LogP) is -1.97. The minimum atomic E-state index is -2.37. The molecule has 6 nitrogen and oxygen atoms in total. The fourth-order valence-electron chi connectivity index (χ4n) is 1.77. The molecule has 1 heterocycles. The summed E-state index contributed by atoms with van der Waals surface area (Å²) in [6.45, 7) is 4.75. The van der Waals surface area contributed by atoms with Crippen molar-refractivity contribution in [2.24, 2.45) is 0 Å². The van der Waals surface area contributed by atoms with E-state index >= 15 is 0 Å². The molecule has 96 valence electrons. The van der Waals surface area contributed by atoms with Crippen LogP contribution in [0.25, 0.3) is 0 Å². The van der Waals surface area contributed by atoms with Gasteiger partial charge >= 0.3 is 0 Å². The molecule has 0 bridgehead atoms. The van der Waals surface area contributed by atoms with E-state index in [2.05, 4.69) is 0 Å². The average molecular weight is 252 g/mol. The molecule has 0 aliphatic carbocycles. The van der Waals surface area contributed by atoms with E-state index in [1.54, 1.807) is 19.6 Å². The molecule has 0 saturated carbocycles. The van der Waals surface area contributed by atoms with E-state index in [1.165, 1.54) is 0 Å². The molecule has 0 amide bonds. The first-order chi connectivity index (χ1) is 7.15. The molecule has 7 heteroatoms. The highest BCUT2D eigenvalue weighted by molar-refractivity contribution is 6.78. The van der Waals surface area contributed by atoms with Gasteiger partial charge in [0.15, 0.2) is 5.41 Å². The summed E-state index contributed by atoms with van der Waals surface area (Å²) in [6, 6.07) is 0. The highest BCUT2D eigenvalue weighted by Crippen LogP contribution is 2.34. The lowest BCUT2D eigenvalue weighted by atomic mass is 9.99. The Morgan fingerprint density at radius 2 is 1.62 bits per heavy atom. The van der Waals surface area contributed by atoms with Gasteiger partial charge in [0.05, 0.1) is 6.61 Å². The third-order valence-electron chi connectivity index (χ3n) is 3.04. The quantitative estimate of drug-likeness (QED) is 0.365. The molecular formula is C9H20O6Si. The lowest BCUT2D eigenvalue weighted by Gasteiger charge is -2.50. The minimum absolute atomic E-state index is 0.530. The van der Waals surface area contributed by atoms with Crippen molar-refractivity contribution in [1.82, 2.24) is 0 Å². The van der Waals surface area contributed by atoms with Crippen molar-refractivity contribution in [2.45, 2.75) is 49.5 Å². The predicted molar refractivity (Wildman–Crippen MR) is 58.3 cm³/mol. The summed E-state index contributed by atoms with van der Waals surface area (Å²) in [5, 5.41) is 48.2. The zero-order chi connectivity index (χ0) is 12.7. The van der Waals surface area contributed by atoms with Crippen LogP contribution in [0.3, 0.4) is 0 Å². The van der Waals surface area contributed by atoms with Crippen LogP contribution in [0.1, 0.15) is 0 Å². The molecule has 1 saturated heterocycles. The van der Waals surface area contributed by atoms with Crippen LogP contribution < -0.4 is 0 Å². The number of ether oxygens (including phenoxy) is 1. The van der Waals surface area contributed by atoms with Crippen LogP contribution in [0.15, 0.2) is 0 Å². The smallest absolute Gasteiger partial charge is 0.176 e. The highest BCUT2D eigenvalue weighted by atomic mass is 28.3. The molecule has 1 rings (SSSR count). The Kier molecular flexibility index (Phi) is 3.80. The van der Waals surface area contributed by atoms with Gasteiger partial charge in [-0.1, -0.05) is 19.6 Å². The van der Waals surface area contributed by atoms with Crippen LogP contribution in [0.5, 0.6) is 0 Å². The summed E-state index contributed by atoms with van der Waals surface area (Å²) in [4.78, 5) is 0. The van der Waals surface area contributed by atoms with Gasteiger partial charge in [-0.3, -0.25) is 0 Å². The first-order valence-corrected chi connectivity index (χ1v) is 8.70. The van der Waals surface area contributed by atoms with Crippen molar-refractivity contribution < 1.29 is 30.3 Å². The second-order valence-corrected chi connectivity index (χ2v) is 10.4. The summed E-state index contributed by atoms with van der Waals surface area (Å²) < 4.78 is 5.19. The fourth-order valence-corrected chi connectivity index (χ4v) is 3.34. The summed E-state index contributed by atoms with van der Waals surface area (Å²) >= 11 is 0. The van der Waals surface area contributed by atoms with Gasteiger partial charge in [-0.25, -0.2) is 0 Å². The Bertz CT molecular complexity index is 253. The highest BCUT2D eigenvalue weighted by Gasteiger charge is 2.58. The van der Waals surface area contributed by atoms with E-state index in [9.17, 15) is 20.4 Å². The topological polar surface area (TPSA) is 110 Å². The van der Waals surface area contributed by atoms with Crippen molar-refractivity contribution in [3.05, 3.63) is 0 Å². The zero-order valence-electron chi connectivity index (χ0n) is 9.66. The van der Waals surface area contributed by atoms with Gasteiger partial charge in [0.2, 0.25) is 0 Å². The van der Waals surface area contributed by atoms with Gasteiger partial charge in [-0.2, -0.15) is 0 Å². The molecule has 1 aliphatic rings. The van der Waals surface area contributed by atoms with Crippen LogP contribution in [-0.4, -0.2) is 70.0 Å². The molecule has 1 fully saturated rings. The second kappa shape index (κ2) is 4.34. The van der Waals surface area contributed by atoms with Gasteiger partial charge in [-0.15, -0.1) is 0 Å². The first-order valence-electron chi connectivity index (χ1n) is 5.20. The maximum atomic E-state index is 10.3. The monoisotopic (exact) mass is 252 g/mol. The molecule has 1 aliphatic heterocycles. The van der Waals surface area contributed by atoms with Crippen LogP contribution in [-0.2, 0) is 4.74 Å². The molecule has 0 spiro atoms. The van der Waals surface area contributed by atoms with E-state index in [1.807, 2.05) is 0 Å². The summed E-state index contributed by atoms with van der Waals surface area (Å²) in [7, 11) is -2.37. The Balaban J connectivity index is 3.04. The van der Waals surface area contributed by atoms with E-state index in [4.69, 9.17) is 9.84 Å². The minimum Gasteiger partial charge on any atom is -0.394 e. The largest absolute Gasteiger partial charge is 0.394 e. The van der Waals surface area contributed by atoms with Crippen LogP contribution in [0.4, 0.5) is 0 Å². The summed E-state index contributed by atoms with van der Waals surface area (Å²) in [6.07, 6.45) is -5.59. The molecular weight excluding hydrogens is 232 g/mol. The van der Waals surface area contributed by atoms with E-state index < -0.39 is 44.5 Å². The summed E-state index contributed by atoms with van der Waals surface area (Å²) in [5.74, 6) is 0. The van der Waals surface area contributed by atoms with Gasteiger partial charge in [0.1, 0.15) is 32.5 Å². The molecule has 5 atom stereocenters. The third kappa shape index (κ3) is 2.04. The Morgan fingerprint density at radius 1 is 1.12 bits per heavy atom. The molecule has 0 radical (unpaired) electrons. The molecule has 5 N–H and O–H groups in total. The maximum Gasteiger partial charge on any atom is 0.176 e. The van der Waals surface area contributed by atoms with Crippen molar-refractivity contribution >= 4 is 8.07 Å². The molecule has 0 aromatic carbocycles. The number of aliphatic hydroxyl groups excluding tert-OH is 4. The standard InChI is InChI=1S/C9H20O6Si/c1-16(2,3)9(14)8(13)7(12)6(11)5(4-10)15-9/h5-8,10-14H,4H2,1-3H3/t5-,6-,7+,8-,9-/m1/s1. The van der Waals surface area contributed by atoms with E-state index in [0.29, 0.717) is 0 Å². The Hall–Kier alpha value is -0.0231. The Labute approximate surface area is 95.1 Å². The van der Waals surface area contributed by atoms with E-state index in [-0.39, 0.29) is 0 Å². The Morgan fingerprint density at radius 3 is 2.00 bits per heavy atom. The van der Waals surface area contributed by atoms with Crippen molar-refractivity contribution in [2.75, 3.05) is 6.61 Å². The first kappa shape index (κ1) is 14.0. The van der Waals surface area contributed by atoms with Crippen molar-refractivity contribution in [3.63, 3.8) is 0 Å². The summed E-state index contributed by atoms with van der Waals surface area (Å²) in [5.41, 5.74) is -1.88. The van der Waals surface area contributed by atoms with Gasteiger partial charge in [0.25, 0.3) is 0 Å². The molecule has 0 aromatic heterocycles. The zero-order valence-corrected chi connectivity index (χ0v) is 10.7. The number of rotatable bonds is 2. The van der Waals surface area contributed by atoms with Crippen molar-refractivity contribution in [3.8, 4) is 0 Å². The maximum absolute atomic E-state index is 10.3. The third-order valence-corrected chi connectivity index (χ3v) is 5.60. The number of hydrogen-bond donors (Lipinski definition) is 5. The van der Waals surface area contributed by atoms with Gasteiger partial charge < -0.3 is 30.3 Å². The second-order valence-electron chi connectivity index (χ2n) is 5.21. The molecule has 0 aromatic rings. The molecule has 16 heavy (non-hydrogen) atoms. The average Bonchev–Trinajstić information content (AvgIpc) is 2.19. The molecule has 0 unspecified atom stereocenters.